The summed E-state index contributed by atoms with van der Waals surface area (Å²) in [5, 5.41) is 13.8. The highest BCUT2D eigenvalue weighted by Crippen LogP contribution is 2.02. The van der Waals surface area contributed by atoms with E-state index in [1.54, 1.807) is 0 Å². The molecule has 0 spiro atoms. The zero-order valence-corrected chi connectivity index (χ0v) is 5.29. The van der Waals surface area contributed by atoms with Gasteiger partial charge in [-0.3, -0.25) is 15.0 Å². The number of aliphatic hydroxyl groups is 1. The van der Waals surface area contributed by atoms with E-state index in [1.807, 2.05) is 0 Å². The molecule has 0 aliphatic rings. The standard InChI is InChI=1S/C5H9N3O2/c6-2-4(9)3-1-5(10)8-7-3/h1,4,9H,2,6H2,(H2,7,8,10). The van der Waals surface area contributed by atoms with E-state index in [0.29, 0.717) is 5.69 Å². The van der Waals surface area contributed by atoms with Gasteiger partial charge in [0.2, 0.25) is 0 Å². The molecule has 1 aromatic heterocycles. The summed E-state index contributed by atoms with van der Waals surface area (Å²) in [5.74, 6) is 0. The van der Waals surface area contributed by atoms with Crippen molar-refractivity contribution in [3.63, 3.8) is 0 Å². The first kappa shape index (κ1) is 7.04. The Morgan fingerprint density at radius 2 is 2.40 bits per heavy atom. The van der Waals surface area contributed by atoms with Crippen molar-refractivity contribution in [2.45, 2.75) is 6.10 Å². The van der Waals surface area contributed by atoms with E-state index < -0.39 is 6.10 Å². The molecule has 10 heavy (non-hydrogen) atoms. The number of nitrogens with one attached hydrogen (secondary N) is 2. The van der Waals surface area contributed by atoms with Gasteiger partial charge < -0.3 is 10.8 Å². The molecule has 1 rings (SSSR count). The highest BCUT2D eigenvalue weighted by atomic mass is 16.3. The van der Waals surface area contributed by atoms with Crippen LogP contribution >= 0.6 is 0 Å². The quantitative estimate of drug-likeness (QED) is 0.414. The molecule has 1 heterocycles. The minimum atomic E-state index is -0.779. The molecular formula is C5H9N3O2. The van der Waals surface area contributed by atoms with Crippen LogP contribution in [0, 0.1) is 0 Å². The molecule has 0 fully saturated rings. The maximum atomic E-state index is 10.5. The first-order valence-corrected chi connectivity index (χ1v) is 2.89. The zero-order chi connectivity index (χ0) is 7.56. The summed E-state index contributed by atoms with van der Waals surface area (Å²) in [6, 6.07) is 1.28. The Hall–Kier alpha value is -1.07. The van der Waals surface area contributed by atoms with Gasteiger partial charge in [-0.25, -0.2) is 0 Å². The maximum absolute atomic E-state index is 10.5. The highest BCUT2D eigenvalue weighted by Gasteiger charge is 2.05. The lowest BCUT2D eigenvalue weighted by Gasteiger charge is -2.01. The van der Waals surface area contributed by atoms with Crippen LogP contribution in [0.3, 0.4) is 0 Å². The Morgan fingerprint density at radius 1 is 1.70 bits per heavy atom. The number of aliphatic hydroxyl groups excluding tert-OH is 1. The van der Waals surface area contributed by atoms with Gasteiger partial charge in [-0.15, -0.1) is 0 Å². The molecule has 0 bridgehead atoms. The summed E-state index contributed by atoms with van der Waals surface area (Å²) in [7, 11) is 0. The van der Waals surface area contributed by atoms with E-state index >= 15 is 0 Å². The smallest absolute Gasteiger partial charge is 0.264 e. The SMILES string of the molecule is NCC(O)c1cc(=O)[nH][nH]1. The monoisotopic (exact) mass is 143 g/mol. The lowest BCUT2D eigenvalue weighted by molar-refractivity contribution is 0.182. The second-order valence-electron chi connectivity index (χ2n) is 1.97. The summed E-state index contributed by atoms with van der Waals surface area (Å²) in [6.07, 6.45) is -0.779. The van der Waals surface area contributed by atoms with Crippen molar-refractivity contribution in [3.05, 3.63) is 22.1 Å². The molecular weight excluding hydrogens is 134 g/mol. The predicted octanol–water partition coefficient (Wildman–Crippen LogP) is -1.30. The largest absolute Gasteiger partial charge is 0.385 e. The third-order valence-corrected chi connectivity index (χ3v) is 1.20. The van der Waals surface area contributed by atoms with Crippen LogP contribution < -0.4 is 11.3 Å². The van der Waals surface area contributed by atoms with E-state index in [0.717, 1.165) is 0 Å². The molecule has 1 aromatic rings. The first-order chi connectivity index (χ1) is 4.74. The van der Waals surface area contributed by atoms with Crippen molar-refractivity contribution in [1.82, 2.24) is 10.2 Å². The molecule has 0 amide bonds. The van der Waals surface area contributed by atoms with Crippen molar-refractivity contribution in [2.75, 3.05) is 6.54 Å². The van der Waals surface area contributed by atoms with Gasteiger partial charge in [0.25, 0.3) is 5.56 Å². The maximum Gasteiger partial charge on any atom is 0.264 e. The second-order valence-corrected chi connectivity index (χ2v) is 1.97. The predicted molar refractivity (Wildman–Crippen MR) is 35.4 cm³/mol. The number of aromatic amines is 2. The van der Waals surface area contributed by atoms with E-state index in [1.165, 1.54) is 6.07 Å². The van der Waals surface area contributed by atoms with Crippen molar-refractivity contribution in [2.24, 2.45) is 5.73 Å². The summed E-state index contributed by atoms with van der Waals surface area (Å²) >= 11 is 0. The molecule has 0 radical (unpaired) electrons. The molecule has 56 valence electrons. The van der Waals surface area contributed by atoms with Crippen LogP contribution in [0.2, 0.25) is 0 Å². The molecule has 5 heteroatoms. The van der Waals surface area contributed by atoms with Gasteiger partial charge in [-0.1, -0.05) is 0 Å². The minimum absolute atomic E-state index is 0.105. The molecule has 1 unspecified atom stereocenters. The number of hydrogen-bond donors (Lipinski definition) is 4. The van der Waals surface area contributed by atoms with Crippen LogP contribution in [0.25, 0.3) is 0 Å². The van der Waals surface area contributed by atoms with E-state index in [4.69, 9.17) is 10.8 Å². The van der Waals surface area contributed by atoms with Gasteiger partial charge in [-0.05, 0) is 0 Å². The van der Waals surface area contributed by atoms with Crippen LogP contribution in [-0.2, 0) is 0 Å². The number of aromatic nitrogens is 2. The number of rotatable bonds is 2. The van der Waals surface area contributed by atoms with E-state index in [-0.39, 0.29) is 12.1 Å². The van der Waals surface area contributed by atoms with Crippen LogP contribution in [0.15, 0.2) is 10.9 Å². The van der Waals surface area contributed by atoms with Gasteiger partial charge >= 0.3 is 0 Å². The van der Waals surface area contributed by atoms with Gasteiger partial charge in [0, 0.05) is 12.6 Å². The fourth-order valence-corrected chi connectivity index (χ4v) is 0.654. The van der Waals surface area contributed by atoms with Crippen LogP contribution in [0.1, 0.15) is 11.8 Å². The molecule has 0 aliphatic carbocycles. The Balaban J connectivity index is 2.84. The van der Waals surface area contributed by atoms with Gasteiger partial charge in [0.05, 0.1) is 5.69 Å². The van der Waals surface area contributed by atoms with Crippen LogP contribution in [0.4, 0.5) is 0 Å². The Bertz CT molecular complexity index is 251. The first-order valence-electron chi connectivity index (χ1n) is 2.89. The average molecular weight is 143 g/mol. The van der Waals surface area contributed by atoms with E-state index in [2.05, 4.69) is 10.2 Å². The lowest BCUT2D eigenvalue weighted by atomic mass is 10.3. The second kappa shape index (κ2) is 2.68. The fourth-order valence-electron chi connectivity index (χ4n) is 0.654. The third kappa shape index (κ3) is 1.26. The molecule has 5 N–H and O–H groups in total. The normalized spacial score (nSPS) is 13.4. The van der Waals surface area contributed by atoms with Crippen molar-refractivity contribution < 1.29 is 5.11 Å². The summed E-state index contributed by atoms with van der Waals surface area (Å²) in [5.41, 5.74) is 5.29. The van der Waals surface area contributed by atoms with Gasteiger partial charge in [0.1, 0.15) is 6.10 Å². The van der Waals surface area contributed by atoms with Crippen LogP contribution in [0.5, 0.6) is 0 Å². The van der Waals surface area contributed by atoms with Gasteiger partial charge in [-0.2, -0.15) is 0 Å². The fraction of sp³-hybridized carbons (Fsp3) is 0.400. The molecule has 1 atom stereocenters. The Morgan fingerprint density at radius 3 is 2.80 bits per heavy atom. The molecule has 0 aromatic carbocycles. The average Bonchev–Trinajstić information content (AvgIpc) is 2.34. The Labute approximate surface area is 56.9 Å². The summed E-state index contributed by atoms with van der Waals surface area (Å²) < 4.78 is 0. The molecule has 0 saturated heterocycles. The molecule has 5 nitrogen and oxygen atoms in total. The zero-order valence-electron chi connectivity index (χ0n) is 5.29. The van der Waals surface area contributed by atoms with Crippen molar-refractivity contribution in [3.8, 4) is 0 Å². The van der Waals surface area contributed by atoms with Crippen LogP contribution in [-0.4, -0.2) is 21.8 Å². The summed E-state index contributed by atoms with van der Waals surface area (Å²) in [6.45, 7) is 0.105. The van der Waals surface area contributed by atoms with Crippen molar-refractivity contribution >= 4 is 0 Å². The van der Waals surface area contributed by atoms with Gasteiger partial charge in [0.15, 0.2) is 0 Å². The minimum Gasteiger partial charge on any atom is -0.385 e. The van der Waals surface area contributed by atoms with Crippen molar-refractivity contribution in [1.29, 1.82) is 0 Å². The Kier molecular flexibility index (Phi) is 1.88. The molecule has 0 aliphatic heterocycles. The van der Waals surface area contributed by atoms with E-state index in [9.17, 15) is 4.79 Å². The third-order valence-electron chi connectivity index (χ3n) is 1.20. The number of hydrogen-bond acceptors (Lipinski definition) is 3. The molecule has 0 saturated carbocycles. The number of H-pyrrole nitrogens is 2. The topological polar surface area (TPSA) is 94.9 Å². The summed E-state index contributed by atoms with van der Waals surface area (Å²) in [4.78, 5) is 10.5. The lowest BCUT2D eigenvalue weighted by Crippen LogP contribution is -2.11. The highest BCUT2D eigenvalue weighted by molar-refractivity contribution is 5.01. The number of nitrogens with two attached hydrogens (primary N) is 1.